The van der Waals surface area contributed by atoms with Gasteiger partial charge in [-0.05, 0) is 68.0 Å². The molecule has 24 heavy (non-hydrogen) atoms. The summed E-state index contributed by atoms with van der Waals surface area (Å²) in [5.41, 5.74) is 8.39. The number of nitrogens with one attached hydrogen (secondary N) is 1. The van der Waals surface area contributed by atoms with Crippen molar-refractivity contribution in [3.63, 3.8) is 0 Å². The van der Waals surface area contributed by atoms with E-state index in [4.69, 9.17) is 4.74 Å². The minimum absolute atomic E-state index is 0.0516. The van der Waals surface area contributed by atoms with Crippen LogP contribution in [0.5, 0.6) is 5.75 Å². The zero-order valence-electron chi connectivity index (χ0n) is 14.1. The SMILES string of the molecule is C/C(=N\NC(=O)COc1ccc(C)cc1)c1ccc2c(c1)CCC2. The van der Waals surface area contributed by atoms with E-state index in [2.05, 4.69) is 28.7 Å². The summed E-state index contributed by atoms with van der Waals surface area (Å²) in [4.78, 5) is 11.9. The number of rotatable bonds is 5. The van der Waals surface area contributed by atoms with Crippen LogP contribution in [0, 0.1) is 6.92 Å². The first-order valence-corrected chi connectivity index (χ1v) is 8.26. The van der Waals surface area contributed by atoms with Crippen molar-refractivity contribution in [3.8, 4) is 5.75 Å². The van der Waals surface area contributed by atoms with Crippen molar-refractivity contribution < 1.29 is 9.53 Å². The van der Waals surface area contributed by atoms with Crippen molar-refractivity contribution in [2.24, 2.45) is 5.10 Å². The number of hydrogen-bond donors (Lipinski definition) is 1. The van der Waals surface area contributed by atoms with Gasteiger partial charge in [0.25, 0.3) is 5.91 Å². The number of carbonyl (C=O) groups is 1. The van der Waals surface area contributed by atoms with Gasteiger partial charge >= 0.3 is 0 Å². The first-order chi connectivity index (χ1) is 11.6. The molecule has 124 valence electrons. The number of hydrazone groups is 1. The highest BCUT2D eigenvalue weighted by Crippen LogP contribution is 2.23. The average molecular weight is 322 g/mol. The maximum atomic E-state index is 11.9. The second-order valence-corrected chi connectivity index (χ2v) is 6.17. The van der Waals surface area contributed by atoms with Gasteiger partial charge in [0.05, 0.1) is 5.71 Å². The molecule has 0 radical (unpaired) electrons. The number of carbonyl (C=O) groups excluding carboxylic acids is 1. The van der Waals surface area contributed by atoms with E-state index in [9.17, 15) is 4.79 Å². The Morgan fingerprint density at radius 2 is 1.88 bits per heavy atom. The normalized spacial score (nSPS) is 13.5. The summed E-state index contributed by atoms with van der Waals surface area (Å²) in [6, 6.07) is 14.0. The van der Waals surface area contributed by atoms with Crippen LogP contribution in [0.25, 0.3) is 0 Å². The van der Waals surface area contributed by atoms with Crippen LogP contribution in [-0.2, 0) is 17.6 Å². The minimum atomic E-state index is -0.268. The van der Waals surface area contributed by atoms with Crippen LogP contribution in [0.4, 0.5) is 0 Å². The smallest absolute Gasteiger partial charge is 0.277 e. The van der Waals surface area contributed by atoms with Crippen LogP contribution < -0.4 is 10.2 Å². The molecule has 3 rings (SSSR count). The fourth-order valence-electron chi connectivity index (χ4n) is 2.82. The van der Waals surface area contributed by atoms with Gasteiger partial charge in [0.15, 0.2) is 6.61 Å². The summed E-state index contributed by atoms with van der Waals surface area (Å²) < 4.78 is 5.44. The van der Waals surface area contributed by atoms with Crippen molar-refractivity contribution in [1.29, 1.82) is 0 Å². The zero-order chi connectivity index (χ0) is 16.9. The first-order valence-electron chi connectivity index (χ1n) is 8.26. The van der Waals surface area contributed by atoms with E-state index in [1.807, 2.05) is 38.1 Å². The lowest BCUT2D eigenvalue weighted by atomic mass is 10.0. The highest BCUT2D eigenvalue weighted by atomic mass is 16.5. The molecule has 2 aromatic rings. The van der Waals surface area contributed by atoms with E-state index < -0.39 is 0 Å². The van der Waals surface area contributed by atoms with Gasteiger partial charge in [-0.2, -0.15) is 5.10 Å². The van der Waals surface area contributed by atoms with Crippen LogP contribution in [0.1, 0.15) is 35.6 Å². The molecule has 0 heterocycles. The summed E-state index contributed by atoms with van der Waals surface area (Å²) in [6.45, 7) is 3.86. The van der Waals surface area contributed by atoms with Crippen LogP contribution in [-0.4, -0.2) is 18.2 Å². The topological polar surface area (TPSA) is 50.7 Å². The molecule has 0 fully saturated rings. The molecule has 0 unspecified atom stereocenters. The molecule has 0 bridgehead atoms. The number of amides is 1. The van der Waals surface area contributed by atoms with Crippen molar-refractivity contribution in [3.05, 3.63) is 64.7 Å². The lowest BCUT2D eigenvalue weighted by Crippen LogP contribution is -2.25. The molecule has 1 amide bonds. The standard InChI is InChI=1S/C20H22N2O2/c1-14-6-10-19(11-7-14)24-13-20(23)22-21-15(2)17-9-8-16-4-3-5-18(16)12-17/h6-12H,3-5,13H2,1-2H3,(H,22,23)/b21-15+. The molecule has 1 aliphatic carbocycles. The number of fused-ring (bicyclic) bond motifs is 1. The molecule has 0 aliphatic heterocycles. The van der Waals surface area contributed by atoms with E-state index in [1.54, 1.807) is 0 Å². The van der Waals surface area contributed by atoms with E-state index in [1.165, 1.54) is 24.0 Å². The quantitative estimate of drug-likeness (QED) is 0.677. The predicted octanol–water partition coefficient (Wildman–Crippen LogP) is 3.40. The number of ether oxygens (including phenoxy) is 1. The molecule has 2 aromatic carbocycles. The number of aryl methyl sites for hydroxylation is 3. The average Bonchev–Trinajstić information content (AvgIpc) is 3.06. The fourth-order valence-corrected chi connectivity index (χ4v) is 2.82. The number of nitrogens with zero attached hydrogens (tertiary/aromatic N) is 1. The van der Waals surface area contributed by atoms with Crippen LogP contribution in [0.15, 0.2) is 47.6 Å². The Labute approximate surface area is 142 Å². The first kappa shape index (κ1) is 16.2. The Morgan fingerprint density at radius 3 is 2.67 bits per heavy atom. The summed E-state index contributed by atoms with van der Waals surface area (Å²) in [7, 11) is 0. The lowest BCUT2D eigenvalue weighted by molar-refractivity contribution is -0.123. The van der Waals surface area contributed by atoms with Gasteiger partial charge in [0, 0.05) is 0 Å². The third kappa shape index (κ3) is 4.02. The molecule has 1 aliphatic rings. The highest BCUT2D eigenvalue weighted by Gasteiger charge is 2.11. The van der Waals surface area contributed by atoms with Crippen molar-refractivity contribution >= 4 is 11.6 Å². The summed E-state index contributed by atoms with van der Waals surface area (Å²) in [5, 5.41) is 4.18. The molecular formula is C20H22N2O2. The van der Waals surface area contributed by atoms with Gasteiger partial charge < -0.3 is 4.74 Å². The van der Waals surface area contributed by atoms with E-state index in [0.29, 0.717) is 5.75 Å². The molecule has 1 N–H and O–H groups in total. The van der Waals surface area contributed by atoms with Crippen LogP contribution in [0.3, 0.4) is 0 Å². The summed E-state index contributed by atoms with van der Waals surface area (Å²) in [5.74, 6) is 0.408. The minimum Gasteiger partial charge on any atom is -0.484 e. The third-order valence-corrected chi connectivity index (χ3v) is 4.26. The molecule has 0 spiro atoms. The van der Waals surface area contributed by atoms with Crippen LogP contribution >= 0.6 is 0 Å². The van der Waals surface area contributed by atoms with E-state index in [0.717, 1.165) is 23.3 Å². The Hall–Kier alpha value is -2.62. The van der Waals surface area contributed by atoms with E-state index >= 15 is 0 Å². The van der Waals surface area contributed by atoms with Gasteiger partial charge in [0.1, 0.15) is 5.75 Å². The van der Waals surface area contributed by atoms with Crippen molar-refractivity contribution in [2.75, 3.05) is 6.61 Å². The molecule has 4 nitrogen and oxygen atoms in total. The van der Waals surface area contributed by atoms with Gasteiger partial charge in [-0.15, -0.1) is 0 Å². The molecular weight excluding hydrogens is 300 g/mol. The molecule has 0 aromatic heterocycles. The van der Waals surface area contributed by atoms with Gasteiger partial charge in [0.2, 0.25) is 0 Å². The zero-order valence-corrected chi connectivity index (χ0v) is 14.1. The molecule has 0 atom stereocenters. The number of benzene rings is 2. The maximum absolute atomic E-state index is 11.9. The third-order valence-electron chi connectivity index (χ3n) is 4.26. The Morgan fingerprint density at radius 1 is 1.12 bits per heavy atom. The highest BCUT2D eigenvalue weighted by molar-refractivity contribution is 5.99. The predicted molar refractivity (Wildman–Crippen MR) is 95.5 cm³/mol. The fraction of sp³-hybridized carbons (Fsp3) is 0.300. The molecule has 0 saturated carbocycles. The summed E-state index contributed by atoms with van der Waals surface area (Å²) >= 11 is 0. The second kappa shape index (κ2) is 7.30. The van der Waals surface area contributed by atoms with Crippen LogP contribution in [0.2, 0.25) is 0 Å². The maximum Gasteiger partial charge on any atom is 0.277 e. The Kier molecular flexibility index (Phi) is 4.94. The molecule has 0 saturated heterocycles. The second-order valence-electron chi connectivity index (χ2n) is 6.17. The largest absolute Gasteiger partial charge is 0.484 e. The van der Waals surface area contributed by atoms with E-state index in [-0.39, 0.29) is 12.5 Å². The monoisotopic (exact) mass is 322 g/mol. The lowest BCUT2D eigenvalue weighted by Gasteiger charge is -2.07. The van der Waals surface area contributed by atoms with Crippen molar-refractivity contribution in [2.45, 2.75) is 33.1 Å². The van der Waals surface area contributed by atoms with Gasteiger partial charge in [-0.3, -0.25) is 4.79 Å². The van der Waals surface area contributed by atoms with Gasteiger partial charge in [-0.25, -0.2) is 5.43 Å². The Balaban J connectivity index is 1.54. The van der Waals surface area contributed by atoms with Gasteiger partial charge in [-0.1, -0.05) is 29.8 Å². The van der Waals surface area contributed by atoms with Crippen molar-refractivity contribution in [1.82, 2.24) is 5.43 Å². The molecule has 4 heteroatoms. The Bertz CT molecular complexity index is 764. The summed E-state index contributed by atoms with van der Waals surface area (Å²) in [6.07, 6.45) is 3.52. The number of hydrogen-bond acceptors (Lipinski definition) is 3.